The normalized spacial score (nSPS) is 10.8. The number of carbonyl (C=O) groups excluding carboxylic acids is 1. The summed E-state index contributed by atoms with van der Waals surface area (Å²) in [5.41, 5.74) is 0.178. The van der Waals surface area contributed by atoms with Crippen LogP contribution in [0.2, 0.25) is 5.02 Å². The van der Waals surface area contributed by atoms with Gasteiger partial charge in [-0.25, -0.2) is 9.78 Å². The Morgan fingerprint density at radius 3 is 2.52 bits per heavy atom. The van der Waals surface area contributed by atoms with Crippen LogP contribution in [0.3, 0.4) is 0 Å². The van der Waals surface area contributed by atoms with Gasteiger partial charge < -0.3 is 9.67 Å². The number of imidazole rings is 1. The van der Waals surface area contributed by atoms with E-state index in [2.05, 4.69) is 16.8 Å². The fraction of sp³-hybridized carbons (Fsp3) is 0.300. The molecule has 0 amide bonds. The fourth-order valence-electron chi connectivity index (χ4n) is 2.96. The summed E-state index contributed by atoms with van der Waals surface area (Å²) in [4.78, 5) is 41.4. The molecule has 0 aliphatic heterocycles. The zero-order valence-corrected chi connectivity index (χ0v) is 16.7. The van der Waals surface area contributed by atoms with Crippen molar-refractivity contribution >= 4 is 28.5 Å². The molecule has 0 saturated carbocycles. The minimum Gasteiger partial charge on any atom is -0.396 e. The number of hydrogen-bond donors (Lipinski definition) is 1. The molecule has 29 heavy (non-hydrogen) atoms. The minimum atomic E-state index is -0.529. The summed E-state index contributed by atoms with van der Waals surface area (Å²) in [5, 5.41) is 9.67. The van der Waals surface area contributed by atoms with E-state index in [4.69, 9.17) is 16.7 Å². The molecular formula is C20H19ClN4O4. The van der Waals surface area contributed by atoms with Crippen molar-refractivity contribution < 1.29 is 9.90 Å². The first-order valence-electron chi connectivity index (χ1n) is 8.91. The van der Waals surface area contributed by atoms with Crippen LogP contribution in [0.25, 0.3) is 11.2 Å². The van der Waals surface area contributed by atoms with Crippen LogP contribution in [0.4, 0.5) is 0 Å². The molecule has 1 aromatic carbocycles. The van der Waals surface area contributed by atoms with E-state index < -0.39 is 11.2 Å². The summed E-state index contributed by atoms with van der Waals surface area (Å²) < 4.78 is 3.93. The highest BCUT2D eigenvalue weighted by Gasteiger charge is 2.19. The van der Waals surface area contributed by atoms with Crippen LogP contribution in [0.15, 0.2) is 33.9 Å². The van der Waals surface area contributed by atoms with E-state index in [1.807, 2.05) is 12.1 Å². The molecule has 0 atom stereocenters. The standard InChI is InChI=1S/C20H19ClN4O4/c1-13(27)4-9-16-22-18-17(25(16)12-14-5-7-15(21)8-6-14)19(28)24(10-3-11-26)20(29)23(18)2/h5-8,26H,3,10-12H2,1-2H3. The van der Waals surface area contributed by atoms with Crippen LogP contribution < -0.4 is 11.2 Å². The number of hydrogen-bond acceptors (Lipinski definition) is 5. The van der Waals surface area contributed by atoms with Crippen LogP contribution in [0.5, 0.6) is 0 Å². The summed E-state index contributed by atoms with van der Waals surface area (Å²) in [6, 6.07) is 7.07. The summed E-state index contributed by atoms with van der Waals surface area (Å²) in [5.74, 6) is 4.99. The molecule has 1 N–H and O–H groups in total. The molecule has 9 heteroatoms. The molecule has 3 aromatic rings. The number of ketones is 1. The quantitative estimate of drug-likeness (QED) is 0.626. The van der Waals surface area contributed by atoms with Crippen LogP contribution >= 0.6 is 11.6 Å². The zero-order valence-electron chi connectivity index (χ0n) is 16.0. The summed E-state index contributed by atoms with van der Waals surface area (Å²) >= 11 is 5.95. The lowest BCUT2D eigenvalue weighted by Gasteiger charge is -2.10. The summed E-state index contributed by atoms with van der Waals surface area (Å²) in [6.07, 6.45) is 0.267. The van der Waals surface area contributed by atoms with Crippen LogP contribution in [0, 0.1) is 11.8 Å². The van der Waals surface area contributed by atoms with E-state index >= 15 is 0 Å². The number of rotatable bonds is 5. The van der Waals surface area contributed by atoms with Crippen molar-refractivity contribution in [3.05, 3.63) is 61.5 Å². The van der Waals surface area contributed by atoms with Gasteiger partial charge in [-0.05, 0) is 36.0 Å². The number of aliphatic hydroxyl groups is 1. The van der Waals surface area contributed by atoms with Gasteiger partial charge in [0.25, 0.3) is 5.56 Å². The molecular weight excluding hydrogens is 396 g/mol. The predicted octanol–water partition coefficient (Wildman–Crippen LogP) is 0.921. The first-order valence-corrected chi connectivity index (χ1v) is 9.29. The molecule has 0 aliphatic carbocycles. The Balaban J connectivity index is 2.30. The number of aliphatic hydroxyl groups excluding tert-OH is 1. The predicted molar refractivity (Wildman–Crippen MR) is 109 cm³/mol. The molecule has 0 radical (unpaired) electrons. The van der Waals surface area contributed by atoms with Gasteiger partial charge in [0, 0.05) is 32.1 Å². The molecule has 0 bridgehead atoms. The molecule has 0 aliphatic rings. The third-order valence-electron chi connectivity index (χ3n) is 4.38. The number of aryl methyl sites for hydroxylation is 1. The summed E-state index contributed by atoms with van der Waals surface area (Å²) in [6.45, 7) is 1.52. The molecule has 3 rings (SSSR count). The Bertz CT molecular complexity index is 1260. The number of carbonyl (C=O) groups is 1. The maximum Gasteiger partial charge on any atom is 0.332 e. The Morgan fingerprint density at radius 2 is 1.90 bits per heavy atom. The van der Waals surface area contributed by atoms with E-state index in [0.717, 1.165) is 10.1 Å². The lowest BCUT2D eigenvalue weighted by atomic mass is 10.2. The largest absolute Gasteiger partial charge is 0.396 e. The maximum absolute atomic E-state index is 13.1. The number of aromatic nitrogens is 4. The topological polar surface area (TPSA) is 99.1 Å². The van der Waals surface area contributed by atoms with E-state index in [9.17, 15) is 14.4 Å². The Morgan fingerprint density at radius 1 is 1.21 bits per heavy atom. The second-order valence-electron chi connectivity index (χ2n) is 6.50. The average Bonchev–Trinajstić information content (AvgIpc) is 3.05. The smallest absolute Gasteiger partial charge is 0.332 e. The highest BCUT2D eigenvalue weighted by atomic mass is 35.5. The molecule has 8 nitrogen and oxygen atoms in total. The van der Waals surface area contributed by atoms with E-state index in [1.54, 1.807) is 16.7 Å². The van der Waals surface area contributed by atoms with Crippen LogP contribution in [-0.2, 0) is 24.9 Å². The Labute approximate surface area is 171 Å². The second kappa shape index (κ2) is 8.47. The van der Waals surface area contributed by atoms with Crippen molar-refractivity contribution in [2.45, 2.75) is 26.4 Å². The van der Waals surface area contributed by atoms with Gasteiger partial charge in [-0.3, -0.25) is 18.7 Å². The third-order valence-corrected chi connectivity index (χ3v) is 4.63. The minimum absolute atomic E-state index is 0.0819. The molecule has 0 saturated heterocycles. The van der Waals surface area contributed by atoms with E-state index in [-0.39, 0.29) is 48.9 Å². The lowest BCUT2D eigenvalue weighted by Crippen LogP contribution is -2.40. The van der Waals surface area contributed by atoms with Crippen molar-refractivity contribution in [3.63, 3.8) is 0 Å². The first kappa shape index (κ1) is 20.6. The number of fused-ring (bicyclic) bond motifs is 1. The second-order valence-corrected chi connectivity index (χ2v) is 6.94. The van der Waals surface area contributed by atoms with Crippen molar-refractivity contribution in [2.24, 2.45) is 7.05 Å². The molecule has 0 unspecified atom stereocenters. The van der Waals surface area contributed by atoms with E-state index in [0.29, 0.717) is 5.02 Å². The maximum atomic E-state index is 13.1. The highest BCUT2D eigenvalue weighted by Crippen LogP contribution is 2.16. The Kier molecular flexibility index (Phi) is 6.01. The number of Topliss-reactive ketones (excluding diaryl/α,β-unsaturated/α-hetero) is 1. The zero-order chi connectivity index (χ0) is 21.1. The average molecular weight is 415 g/mol. The van der Waals surface area contributed by atoms with Crippen LogP contribution in [-0.4, -0.2) is 36.2 Å². The SMILES string of the molecule is CC(=O)C#Cc1nc2c(c(=O)n(CCCO)c(=O)n2C)n1Cc1ccc(Cl)cc1. The molecule has 0 spiro atoms. The molecule has 2 heterocycles. The molecule has 150 valence electrons. The van der Waals surface area contributed by atoms with Crippen molar-refractivity contribution in [1.82, 2.24) is 18.7 Å². The van der Waals surface area contributed by atoms with Gasteiger partial charge in [-0.15, -0.1) is 0 Å². The number of nitrogens with zero attached hydrogens (tertiary/aromatic N) is 4. The van der Waals surface area contributed by atoms with Gasteiger partial charge >= 0.3 is 5.69 Å². The third kappa shape index (κ3) is 4.16. The summed E-state index contributed by atoms with van der Waals surface area (Å²) in [7, 11) is 1.52. The number of benzene rings is 1. The van der Waals surface area contributed by atoms with Gasteiger partial charge in [-0.2, -0.15) is 0 Å². The van der Waals surface area contributed by atoms with Gasteiger partial charge in [0.2, 0.25) is 5.78 Å². The fourth-order valence-corrected chi connectivity index (χ4v) is 3.09. The highest BCUT2D eigenvalue weighted by molar-refractivity contribution is 6.30. The number of halogens is 1. The van der Waals surface area contributed by atoms with E-state index in [1.165, 1.54) is 18.5 Å². The molecule has 0 fully saturated rings. The van der Waals surface area contributed by atoms with Crippen molar-refractivity contribution in [1.29, 1.82) is 0 Å². The van der Waals surface area contributed by atoms with Gasteiger partial charge in [0.15, 0.2) is 17.0 Å². The molecule has 2 aromatic heterocycles. The van der Waals surface area contributed by atoms with Crippen LogP contribution in [0.1, 0.15) is 24.7 Å². The van der Waals surface area contributed by atoms with Gasteiger partial charge in [-0.1, -0.05) is 23.7 Å². The van der Waals surface area contributed by atoms with Gasteiger partial charge in [0.1, 0.15) is 0 Å². The van der Waals surface area contributed by atoms with Gasteiger partial charge in [0.05, 0.1) is 6.54 Å². The first-order chi connectivity index (χ1) is 13.8. The lowest BCUT2D eigenvalue weighted by molar-refractivity contribution is -0.111. The van der Waals surface area contributed by atoms with Crippen molar-refractivity contribution in [3.8, 4) is 11.8 Å². The van der Waals surface area contributed by atoms with Crippen molar-refractivity contribution in [2.75, 3.05) is 6.61 Å². The monoisotopic (exact) mass is 414 g/mol. The Hall–Kier alpha value is -3.15.